The molecule has 2 aromatic heterocycles. The van der Waals surface area contributed by atoms with E-state index in [9.17, 15) is 9.59 Å². The standard InChI is InChI=1S/C20H20N2O4/c1-12-13(2)20(24)26-18-9-16(6-7-17(12)18)25-14(3)19(23)22-11-15-5-4-8-21-10-15/h4-10,14H,11H2,1-3H3,(H,22,23). The Morgan fingerprint density at radius 3 is 2.81 bits per heavy atom. The molecule has 0 bridgehead atoms. The number of hydrogen-bond donors (Lipinski definition) is 1. The van der Waals surface area contributed by atoms with Gasteiger partial charge in [0.05, 0.1) is 0 Å². The second kappa shape index (κ2) is 7.39. The highest BCUT2D eigenvalue weighted by molar-refractivity contribution is 5.83. The van der Waals surface area contributed by atoms with E-state index >= 15 is 0 Å². The number of carbonyl (C=O) groups is 1. The molecule has 134 valence electrons. The summed E-state index contributed by atoms with van der Waals surface area (Å²) in [5, 5.41) is 3.65. The molecule has 2 heterocycles. The van der Waals surface area contributed by atoms with Crippen LogP contribution in [0.3, 0.4) is 0 Å². The molecule has 1 aromatic carbocycles. The summed E-state index contributed by atoms with van der Waals surface area (Å²) in [6.45, 7) is 5.66. The average Bonchev–Trinajstić information content (AvgIpc) is 2.65. The Morgan fingerprint density at radius 1 is 1.27 bits per heavy atom. The average molecular weight is 352 g/mol. The molecule has 1 amide bonds. The number of fused-ring (bicyclic) bond motifs is 1. The summed E-state index contributed by atoms with van der Waals surface area (Å²) >= 11 is 0. The van der Waals surface area contributed by atoms with Gasteiger partial charge in [-0.2, -0.15) is 0 Å². The number of aryl methyl sites for hydroxylation is 1. The molecular weight excluding hydrogens is 332 g/mol. The Bertz CT molecular complexity index is 996. The van der Waals surface area contributed by atoms with Gasteiger partial charge in [0, 0.05) is 36.0 Å². The molecule has 0 spiro atoms. The minimum absolute atomic E-state index is 0.240. The summed E-state index contributed by atoms with van der Waals surface area (Å²) in [6, 6.07) is 8.92. The van der Waals surface area contributed by atoms with Crippen LogP contribution in [0.2, 0.25) is 0 Å². The number of aromatic nitrogens is 1. The number of pyridine rings is 1. The van der Waals surface area contributed by atoms with E-state index < -0.39 is 6.10 Å². The fourth-order valence-corrected chi connectivity index (χ4v) is 2.59. The van der Waals surface area contributed by atoms with E-state index in [1.807, 2.05) is 25.1 Å². The number of benzene rings is 1. The summed E-state index contributed by atoms with van der Waals surface area (Å²) in [7, 11) is 0. The SMILES string of the molecule is Cc1c(C)c2ccc(OC(C)C(=O)NCc3cccnc3)cc2oc1=O. The van der Waals surface area contributed by atoms with Crippen molar-refractivity contribution in [2.75, 3.05) is 0 Å². The first-order chi connectivity index (χ1) is 12.5. The van der Waals surface area contributed by atoms with Crippen LogP contribution in [0.4, 0.5) is 0 Å². The van der Waals surface area contributed by atoms with Crippen molar-refractivity contribution in [2.45, 2.75) is 33.4 Å². The summed E-state index contributed by atoms with van der Waals surface area (Å²) < 4.78 is 11.0. The van der Waals surface area contributed by atoms with Crippen molar-refractivity contribution in [1.82, 2.24) is 10.3 Å². The molecule has 0 saturated heterocycles. The fraction of sp³-hybridized carbons (Fsp3) is 0.250. The predicted octanol–water partition coefficient (Wildman–Crippen LogP) is 2.89. The van der Waals surface area contributed by atoms with Gasteiger partial charge < -0.3 is 14.5 Å². The monoisotopic (exact) mass is 352 g/mol. The third kappa shape index (κ3) is 3.74. The molecule has 0 radical (unpaired) electrons. The highest BCUT2D eigenvalue weighted by atomic mass is 16.5. The van der Waals surface area contributed by atoms with Crippen LogP contribution < -0.4 is 15.7 Å². The topological polar surface area (TPSA) is 81.4 Å². The van der Waals surface area contributed by atoms with Gasteiger partial charge in [0.15, 0.2) is 6.10 Å². The lowest BCUT2D eigenvalue weighted by molar-refractivity contribution is -0.127. The molecule has 1 N–H and O–H groups in total. The number of ether oxygens (including phenoxy) is 1. The van der Waals surface area contributed by atoms with Crippen LogP contribution in [0.5, 0.6) is 5.75 Å². The third-order valence-electron chi connectivity index (χ3n) is 4.30. The van der Waals surface area contributed by atoms with Gasteiger partial charge >= 0.3 is 5.63 Å². The lowest BCUT2D eigenvalue weighted by Crippen LogP contribution is -2.35. The summed E-state index contributed by atoms with van der Waals surface area (Å²) in [5.41, 5.74) is 2.46. The maximum absolute atomic E-state index is 12.2. The van der Waals surface area contributed by atoms with E-state index in [0.717, 1.165) is 16.5 Å². The lowest BCUT2D eigenvalue weighted by Gasteiger charge is -2.15. The van der Waals surface area contributed by atoms with Crippen LogP contribution in [0.15, 0.2) is 51.9 Å². The highest BCUT2D eigenvalue weighted by Gasteiger charge is 2.15. The van der Waals surface area contributed by atoms with Gasteiger partial charge in [-0.1, -0.05) is 6.07 Å². The first-order valence-corrected chi connectivity index (χ1v) is 8.33. The first-order valence-electron chi connectivity index (χ1n) is 8.33. The second-order valence-electron chi connectivity index (χ2n) is 6.14. The van der Waals surface area contributed by atoms with E-state index in [1.165, 1.54) is 0 Å². The third-order valence-corrected chi connectivity index (χ3v) is 4.30. The van der Waals surface area contributed by atoms with E-state index in [1.54, 1.807) is 38.4 Å². The van der Waals surface area contributed by atoms with Crippen LogP contribution in [0.25, 0.3) is 11.0 Å². The fourth-order valence-electron chi connectivity index (χ4n) is 2.59. The summed E-state index contributed by atoms with van der Waals surface area (Å²) in [5.74, 6) is 0.225. The number of nitrogens with one attached hydrogen (secondary N) is 1. The van der Waals surface area contributed by atoms with Gasteiger partial charge in [-0.3, -0.25) is 9.78 Å². The molecule has 0 aliphatic carbocycles. The Kier molecular flexibility index (Phi) is 5.02. The quantitative estimate of drug-likeness (QED) is 0.714. The van der Waals surface area contributed by atoms with Crippen molar-refractivity contribution >= 4 is 16.9 Å². The maximum Gasteiger partial charge on any atom is 0.339 e. The second-order valence-corrected chi connectivity index (χ2v) is 6.14. The highest BCUT2D eigenvalue weighted by Crippen LogP contribution is 2.24. The molecule has 6 nitrogen and oxygen atoms in total. The molecule has 3 rings (SSSR count). The zero-order valence-corrected chi connectivity index (χ0v) is 14.9. The molecule has 0 aliphatic heterocycles. The Balaban J connectivity index is 1.70. The zero-order chi connectivity index (χ0) is 18.7. The molecule has 6 heteroatoms. The molecule has 0 aliphatic rings. The van der Waals surface area contributed by atoms with Crippen LogP contribution in [-0.4, -0.2) is 17.0 Å². The molecule has 0 saturated carbocycles. The molecule has 3 aromatic rings. The van der Waals surface area contributed by atoms with Crippen molar-refractivity contribution in [3.05, 3.63) is 69.8 Å². The molecular formula is C20H20N2O4. The van der Waals surface area contributed by atoms with Gasteiger partial charge in [0.1, 0.15) is 11.3 Å². The van der Waals surface area contributed by atoms with Crippen LogP contribution in [0, 0.1) is 13.8 Å². The number of carbonyl (C=O) groups excluding carboxylic acids is 1. The number of amides is 1. The van der Waals surface area contributed by atoms with E-state index in [4.69, 9.17) is 9.15 Å². The Hall–Kier alpha value is -3.15. The smallest absolute Gasteiger partial charge is 0.339 e. The lowest BCUT2D eigenvalue weighted by atomic mass is 10.1. The maximum atomic E-state index is 12.2. The van der Waals surface area contributed by atoms with Gasteiger partial charge in [-0.25, -0.2) is 4.79 Å². The van der Waals surface area contributed by atoms with E-state index in [-0.39, 0.29) is 11.5 Å². The largest absolute Gasteiger partial charge is 0.481 e. The first kappa shape index (κ1) is 17.7. The van der Waals surface area contributed by atoms with Gasteiger partial charge in [0.25, 0.3) is 5.91 Å². The summed E-state index contributed by atoms with van der Waals surface area (Å²) in [4.78, 5) is 28.1. The summed E-state index contributed by atoms with van der Waals surface area (Å²) in [6.07, 6.45) is 2.68. The molecule has 0 fully saturated rings. The molecule has 1 unspecified atom stereocenters. The normalized spacial score (nSPS) is 12.0. The molecule has 26 heavy (non-hydrogen) atoms. The number of nitrogens with zero attached hydrogens (tertiary/aromatic N) is 1. The van der Waals surface area contributed by atoms with Crippen LogP contribution >= 0.6 is 0 Å². The van der Waals surface area contributed by atoms with E-state index in [2.05, 4.69) is 10.3 Å². The zero-order valence-electron chi connectivity index (χ0n) is 14.9. The van der Waals surface area contributed by atoms with E-state index in [0.29, 0.717) is 23.4 Å². The van der Waals surface area contributed by atoms with Crippen LogP contribution in [-0.2, 0) is 11.3 Å². The van der Waals surface area contributed by atoms with Crippen molar-refractivity contribution < 1.29 is 13.9 Å². The van der Waals surface area contributed by atoms with Crippen molar-refractivity contribution in [1.29, 1.82) is 0 Å². The number of hydrogen-bond acceptors (Lipinski definition) is 5. The van der Waals surface area contributed by atoms with Crippen molar-refractivity contribution in [3.63, 3.8) is 0 Å². The Labute approximate surface area is 150 Å². The Morgan fingerprint density at radius 2 is 2.08 bits per heavy atom. The minimum Gasteiger partial charge on any atom is -0.481 e. The van der Waals surface area contributed by atoms with Gasteiger partial charge in [0.2, 0.25) is 0 Å². The minimum atomic E-state index is -0.692. The van der Waals surface area contributed by atoms with Crippen molar-refractivity contribution in [2.24, 2.45) is 0 Å². The van der Waals surface area contributed by atoms with Gasteiger partial charge in [-0.15, -0.1) is 0 Å². The van der Waals surface area contributed by atoms with Gasteiger partial charge in [-0.05, 0) is 50.1 Å². The number of rotatable bonds is 5. The van der Waals surface area contributed by atoms with Crippen LogP contribution in [0.1, 0.15) is 23.6 Å². The molecule has 1 atom stereocenters. The van der Waals surface area contributed by atoms with Crippen molar-refractivity contribution in [3.8, 4) is 5.75 Å². The predicted molar refractivity (Wildman–Crippen MR) is 98.1 cm³/mol.